The average Bonchev–Trinajstić information content (AvgIpc) is 3.13. The Morgan fingerprint density at radius 2 is 2.12 bits per heavy atom. The van der Waals surface area contributed by atoms with Gasteiger partial charge in [0.2, 0.25) is 5.89 Å². The van der Waals surface area contributed by atoms with Crippen LogP contribution in [0.5, 0.6) is 5.75 Å². The first kappa shape index (κ1) is 17.9. The smallest absolute Gasteiger partial charge is 0.277 e. The maximum Gasteiger partial charge on any atom is 0.277 e. The van der Waals surface area contributed by atoms with E-state index in [1.54, 1.807) is 30.6 Å². The number of amides is 1. The molecule has 2 heterocycles. The predicted molar refractivity (Wildman–Crippen MR) is 97.1 cm³/mol. The molecule has 0 aliphatic rings. The van der Waals surface area contributed by atoms with Gasteiger partial charge in [-0.2, -0.15) is 5.10 Å². The van der Waals surface area contributed by atoms with Crippen LogP contribution in [0, 0.1) is 0 Å². The number of benzene rings is 1. The second kappa shape index (κ2) is 8.45. The largest absolute Gasteiger partial charge is 0.507 e. The van der Waals surface area contributed by atoms with Crippen LogP contribution in [0.15, 0.2) is 57.5 Å². The number of hydrogen-bond acceptors (Lipinski definition) is 8. The first-order valence-electron chi connectivity index (χ1n) is 7.29. The Balaban J connectivity index is 1.51. The normalized spacial score (nSPS) is 11.0. The lowest BCUT2D eigenvalue weighted by molar-refractivity contribution is -0.118. The molecule has 0 fully saturated rings. The van der Waals surface area contributed by atoms with Gasteiger partial charge in [0.15, 0.2) is 0 Å². The molecule has 132 valence electrons. The molecule has 3 rings (SSSR count). The summed E-state index contributed by atoms with van der Waals surface area (Å²) >= 11 is 6.92. The summed E-state index contributed by atoms with van der Waals surface area (Å²) < 4.78 is 5.47. The van der Waals surface area contributed by atoms with Crippen molar-refractivity contribution in [1.82, 2.24) is 20.6 Å². The summed E-state index contributed by atoms with van der Waals surface area (Å²) in [5, 5.41) is 21.9. The molecule has 8 nitrogen and oxygen atoms in total. The van der Waals surface area contributed by atoms with Gasteiger partial charge in [0.25, 0.3) is 11.1 Å². The van der Waals surface area contributed by atoms with Crippen LogP contribution >= 0.6 is 23.4 Å². The lowest BCUT2D eigenvalue weighted by Gasteiger charge is -2.00. The minimum absolute atomic E-state index is 0.0104. The Hall–Kier alpha value is -2.91. The van der Waals surface area contributed by atoms with Crippen LogP contribution in [0.3, 0.4) is 0 Å². The van der Waals surface area contributed by atoms with Gasteiger partial charge in [-0.1, -0.05) is 23.4 Å². The molecule has 0 spiro atoms. The van der Waals surface area contributed by atoms with Gasteiger partial charge in [0, 0.05) is 28.5 Å². The number of nitrogens with zero attached hydrogens (tertiary/aromatic N) is 4. The molecule has 0 atom stereocenters. The molecule has 0 saturated heterocycles. The molecule has 0 aliphatic heterocycles. The number of carbonyl (C=O) groups is 1. The molecular weight excluding hydrogens is 378 g/mol. The Morgan fingerprint density at radius 1 is 1.31 bits per heavy atom. The van der Waals surface area contributed by atoms with Crippen LogP contribution in [0.2, 0.25) is 5.02 Å². The number of hydrazone groups is 1. The highest BCUT2D eigenvalue weighted by Gasteiger charge is 2.10. The van der Waals surface area contributed by atoms with Crippen LogP contribution in [-0.4, -0.2) is 38.2 Å². The minimum atomic E-state index is -0.364. The van der Waals surface area contributed by atoms with Gasteiger partial charge < -0.3 is 9.52 Å². The van der Waals surface area contributed by atoms with E-state index >= 15 is 0 Å². The third-order valence-corrected chi connectivity index (χ3v) is 4.10. The molecule has 3 aromatic rings. The number of phenolic OH excluding ortho intramolecular Hbond substituents is 1. The van der Waals surface area contributed by atoms with Crippen LogP contribution in [-0.2, 0) is 4.79 Å². The molecule has 10 heteroatoms. The fraction of sp³-hybridized carbons (Fsp3) is 0.0625. The van der Waals surface area contributed by atoms with E-state index in [9.17, 15) is 9.90 Å². The highest BCUT2D eigenvalue weighted by Crippen LogP contribution is 2.22. The zero-order valence-electron chi connectivity index (χ0n) is 13.2. The maximum atomic E-state index is 11.8. The molecule has 1 aromatic carbocycles. The lowest BCUT2D eigenvalue weighted by Crippen LogP contribution is -2.19. The molecule has 0 aliphatic carbocycles. The van der Waals surface area contributed by atoms with E-state index in [0.29, 0.717) is 16.5 Å². The van der Waals surface area contributed by atoms with Gasteiger partial charge in [-0.15, -0.1) is 10.2 Å². The number of aromatic nitrogens is 3. The van der Waals surface area contributed by atoms with Gasteiger partial charge >= 0.3 is 0 Å². The molecular formula is C16H12ClN5O3S. The fourth-order valence-corrected chi connectivity index (χ4v) is 2.58. The van der Waals surface area contributed by atoms with Crippen LogP contribution < -0.4 is 5.43 Å². The lowest BCUT2D eigenvalue weighted by atomic mass is 10.2. The van der Waals surface area contributed by atoms with Crippen molar-refractivity contribution < 1.29 is 14.3 Å². The second-order valence-electron chi connectivity index (χ2n) is 4.89. The number of thioether (sulfide) groups is 1. The molecule has 0 bridgehead atoms. The number of carbonyl (C=O) groups excluding carboxylic acids is 1. The summed E-state index contributed by atoms with van der Waals surface area (Å²) in [5.74, 6) is 0.0362. The first-order chi connectivity index (χ1) is 12.6. The molecule has 0 saturated carbocycles. The number of hydrogen-bond donors (Lipinski definition) is 2. The number of rotatable bonds is 6. The topological polar surface area (TPSA) is 114 Å². The van der Waals surface area contributed by atoms with Gasteiger partial charge in [0.1, 0.15) is 5.75 Å². The monoisotopic (exact) mass is 389 g/mol. The van der Waals surface area contributed by atoms with Crippen molar-refractivity contribution in [2.24, 2.45) is 5.10 Å². The van der Waals surface area contributed by atoms with E-state index in [0.717, 1.165) is 17.3 Å². The van der Waals surface area contributed by atoms with Gasteiger partial charge in [-0.25, -0.2) is 5.43 Å². The van der Waals surface area contributed by atoms with Crippen molar-refractivity contribution in [2.45, 2.75) is 5.22 Å². The number of halogens is 1. The molecule has 2 N–H and O–H groups in total. The summed E-state index contributed by atoms with van der Waals surface area (Å²) in [6, 6.07) is 8.01. The maximum absolute atomic E-state index is 11.8. The fourth-order valence-electron chi connectivity index (χ4n) is 1.84. The molecule has 1 amide bonds. The first-order valence-corrected chi connectivity index (χ1v) is 8.65. The van der Waals surface area contributed by atoms with E-state index in [1.165, 1.54) is 18.3 Å². The zero-order chi connectivity index (χ0) is 18.4. The SMILES string of the molecule is O=C(CSc1nnc(-c2ccncc2)o1)N/N=C/c1cc(Cl)ccc1O. The standard InChI is InChI=1S/C16H12ClN5O3S/c17-12-1-2-13(23)11(7-12)8-19-20-14(24)9-26-16-22-21-15(25-16)10-3-5-18-6-4-10/h1-8,23H,9H2,(H,20,24)/b19-8+. The van der Waals surface area contributed by atoms with Crippen molar-refractivity contribution in [2.75, 3.05) is 5.75 Å². The van der Waals surface area contributed by atoms with Crippen molar-refractivity contribution in [3.05, 3.63) is 53.3 Å². The Morgan fingerprint density at radius 3 is 2.92 bits per heavy atom. The summed E-state index contributed by atoms with van der Waals surface area (Å²) in [6.07, 6.45) is 4.54. The van der Waals surface area contributed by atoms with E-state index < -0.39 is 0 Å². The summed E-state index contributed by atoms with van der Waals surface area (Å²) in [4.78, 5) is 15.7. The number of phenols is 1. The Kier molecular flexibility index (Phi) is 5.82. The number of pyridine rings is 1. The van der Waals surface area contributed by atoms with Crippen LogP contribution in [0.1, 0.15) is 5.56 Å². The minimum Gasteiger partial charge on any atom is -0.507 e. The molecule has 2 aromatic heterocycles. The van der Waals surface area contributed by atoms with Gasteiger partial charge in [-0.3, -0.25) is 9.78 Å². The number of aromatic hydroxyl groups is 1. The van der Waals surface area contributed by atoms with E-state index in [-0.39, 0.29) is 22.6 Å². The molecule has 0 unspecified atom stereocenters. The highest BCUT2D eigenvalue weighted by molar-refractivity contribution is 7.99. The quantitative estimate of drug-likeness (QED) is 0.378. The Bertz CT molecular complexity index is 933. The van der Waals surface area contributed by atoms with Crippen molar-refractivity contribution in [3.8, 4) is 17.2 Å². The van der Waals surface area contributed by atoms with E-state index in [2.05, 4.69) is 25.7 Å². The third kappa shape index (κ3) is 4.80. The van der Waals surface area contributed by atoms with Crippen LogP contribution in [0.4, 0.5) is 0 Å². The van der Waals surface area contributed by atoms with Crippen LogP contribution in [0.25, 0.3) is 11.5 Å². The van der Waals surface area contributed by atoms with Gasteiger partial charge in [-0.05, 0) is 30.3 Å². The summed E-state index contributed by atoms with van der Waals surface area (Å²) in [6.45, 7) is 0. The average molecular weight is 390 g/mol. The van der Waals surface area contributed by atoms with Crippen molar-refractivity contribution >= 4 is 35.5 Å². The third-order valence-electron chi connectivity index (χ3n) is 3.04. The molecule has 26 heavy (non-hydrogen) atoms. The summed E-state index contributed by atoms with van der Waals surface area (Å²) in [5.41, 5.74) is 3.48. The van der Waals surface area contributed by atoms with Crippen molar-refractivity contribution in [1.29, 1.82) is 0 Å². The summed E-state index contributed by atoms with van der Waals surface area (Å²) in [7, 11) is 0. The predicted octanol–water partition coefficient (Wildman–Crippen LogP) is 2.73. The van der Waals surface area contributed by atoms with Crippen molar-refractivity contribution in [3.63, 3.8) is 0 Å². The number of nitrogens with one attached hydrogen (secondary N) is 1. The zero-order valence-corrected chi connectivity index (χ0v) is 14.7. The Labute approximate surface area is 157 Å². The highest BCUT2D eigenvalue weighted by atomic mass is 35.5. The van der Waals surface area contributed by atoms with Gasteiger partial charge in [0.05, 0.1) is 12.0 Å². The molecule has 0 radical (unpaired) electrons. The second-order valence-corrected chi connectivity index (χ2v) is 6.26. The van der Waals surface area contributed by atoms with E-state index in [4.69, 9.17) is 16.0 Å². The van der Waals surface area contributed by atoms with E-state index in [1.807, 2.05) is 0 Å².